The highest BCUT2D eigenvalue weighted by molar-refractivity contribution is 6.32. The number of carbonyl (C=O) groups excluding carboxylic acids is 1. The molecular weight excluding hydrogens is 260 g/mol. The average molecular weight is 271 g/mol. The van der Waals surface area contributed by atoms with Crippen LogP contribution in [-0.4, -0.2) is 15.3 Å². The molecule has 94 valence electrons. The molecule has 1 aromatic heterocycles. The molecule has 19 heavy (non-hydrogen) atoms. The molecule has 0 unspecified atom stereocenters. The first-order chi connectivity index (χ1) is 9.16. The zero-order valence-corrected chi connectivity index (χ0v) is 11.1. The number of imidazole rings is 1. The van der Waals surface area contributed by atoms with Gasteiger partial charge in [0.25, 0.3) is 0 Å². The second-order valence-electron chi connectivity index (χ2n) is 4.33. The van der Waals surface area contributed by atoms with Gasteiger partial charge >= 0.3 is 0 Å². The number of fused-ring (bicyclic) bond motifs is 1. The molecule has 2 aromatic carbocycles. The molecule has 0 amide bonds. The number of hydrogen-bond acceptors (Lipinski definition) is 2. The molecule has 3 rings (SSSR count). The lowest BCUT2D eigenvalue weighted by molar-refractivity contribution is 0.101. The van der Waals surface area contributed by atoms with Gasteiger partial charge in [-0.25, -0.2) is 4.98 Å². The summed E-state index contributed by atoms with van der Waals surface area (Å²) in [5.74, 6) is 0.00365. The molecule has 0 saturated carbocycles. The molecule has 0 aliphatic carbocycles. The minimum Gasteiger partial charge on any atom is -0.297 e. The number of aromatic nitrogens is 2. The zero-order valence-electron chi connectivity index (χ0n) is 10.3. The number of halogens is 1. The Labute approximate surface area is 115 Å². The highest BCUT2D eigenvalue weighted by Crippen LogP contribution is 2.25. The quantitative estimate of drug-likeness (QED) is 0.662. The molecule has 3 aromatic rings. The summed E-state index contributed by atoms with van der Waals surface area (Å²) in [5, 5.41) is 0.538. The lowest BCUT2D eigenvalue weighted by atomic mass is 10.1. The number of nitrogens with zero attached hydrogens (tertiary/aromatic N) is 2. The minimum atomic E-state index is 0.00365. The van der Waals surface area contributed by atoms with Gasteiger partial charge in [0.2, 0.25) is 0 Å². The van der Waals surface area contributed by atoms with Crippen molar-refractivity contribution < 1.29 is 4.79 Å². The van der Waals surface area contributed by atoms with E-state index in [4.69, 9.17) is 11.6 Å². The van der Waals surface area contributed by atoms with Gasteiger partial charge in [0, 0.05) is 5.56 Å². The van der Waals surface area contributed by atoms with Crippen LogP contribution in [0.1, 0.15) is 17.3 Å². The fourth-order valence-corrected chi connectivity index (χ4v) is 2.34. The normalized spacial score (nSPS) is 10.8. The third kappa shape index (κ3) is 2.02. The molecule has 0 radical (unpaired) electrons. The summed E-state index contributed by atoms with van der Waals surface area (Å²) in [4.78, 5) is 15.7. The van der Waals surface area contributed by atoms with Crippen molar-refractivity contribution in [3.8, 4) is 5.69 Å². The van der Waals surface area contributed by atoms with Crippen LogP contribution in [0.4, 0.5) is 0 Å². The van der Waals surface area contributed by atoms with E-state index in [9.17, 15) is 4.79 Å². The van der Waals surface area contributed by atoms with Crippen molar-refractivity contribution in [2.24, 2.45) is 0 Å². The third-order valence-electron chi connectivity index (χ3n) is 3.07. The number of rotatable bonds is 2. The van der Waals surface area contributed by atoms with Crippen molar-refractivity contribution >= 4 is 28.4 Å². The predicted molar refractivity (Wildman–Crippen MR) is 76.1 cm³/mol. The van der Waals surface area contributed by atoms with Crippen LogP contribution in [0.15, 0.2) is 48.8 Å². The Morgan fingerprint density at radius 3 is 2.74 bits per heavy atom. The van der Waals surface area contributed by atoms with Crippen molar-refractivity contribution in [1.29, 1.82) is 0 Å². The topological polar surface area (TPSA) is 34.9 Å². The van der Waals surface area contributed by atoms with E-state index in [1.54, 1.807) is 18.5 Å². The van der Waals surface area contributed by atoms with E-state index in [-0.39, 0.29) is 5.78 Å². The van der Waals surface area contributed by atoms with Crippen LogP contribution in [0.3, 0.4) is 0 Å². The van der Waals surface area contributed by atoms with Gasteiger partial charge in [0.15, 0.2) is 5.78 Å². The van der Waals surface area contributed by atoms with Crippen molar-refractivity contribution in [2.45, 2.75) is 6.92 Å². The molecule has 0 fully saturated rings. The maximum atomic E-state index is 11.3. The van der Waals surface area contributed by atoms with Crippen LogP contribution in [0.25, 0.3) is 16.7 Å². The third-order valence-corrected chi connectivity index (χ3v) is 3.37. The first-order valence-electron chi connectivity index (χ1n) is 5.90. The molecule has 4 heteroatoms. The standard InChI is InChI=1S/C15H11ClN2O/c1-10(19)11-6-7-14(12(16)8-11)18-9-17-13-4-2-3-5-15(13)18/h2-9H,1H3. The molecule has 0 saturated heterocycles. The molecule has 0 spiro atoms. The molecule has 0 bridgehead atoms. The highest BCUT2D eigenvalue weighted by atomic mass is 35.5. The molecule has 3 nitrogen and oxygen atoms in total. The number of Topliss-reactive ketones (excluding diaryl/α,β-unsaturated/α-hetero) is 1. The molecule has 0 N–H and O–H groups in total. The molecule has 1 heterocycles. The monoisotopic (exact) mass is 270 g/mol. The summed E-state index contributed by atoms with van der Waals surface area (Å²) in [5.41, 5.74) is 3.33. The van der Waals surface area contributed by atoms with Crippen LogP contribution >= 0.6 is 11.6 Å². The van der Waals surface area contributed by atoms with Crippen LogP contribution in [-0.2, 0) is 0 Å². The summed E-state index contributed by atoms with van der Waals surface area (Å²) < 4.78 is 1.92. The van der Waals surface area contributed by atoms with Crippen LogP contribution in [0, 0.1) is 0 Å². The van der Waals surface area contributed by atoms with Gasteiger partial charge in [-0.15, -0.1) is 0 Å². The second kappa shape index (κ2) is 4.52. The number of ketones is 1. The summed E-state index contributed by atoms with van der Waals surface area (Å²) in [6, 6.07) is 13.1. The average Bonchev–Trinajstić information content (AvgIpc) is 2.82. The Bertz CT molecular complexity index is 777. The fraction of sp³-hybridized carbons (Fsp3) is 0.0667. The minimum absolute atomic E-state index is 0.00365. The zero-order chi connectivity index (χ0) is 13.4. The van der Waals surface area contributed by atoms with Crippen LogP contribution in [0.2, 0.25) is 5.02 Å². The van der Waals surface area contributed by atoms with Gasteiger partial charge in [0.1, 0.15) is 6.33 Å². The Hall–Kier alpha value is -2.13. The summed E-state index contributed by atoms with van der Waals surface area (Å²) in [6.45, 7) is 1.53. The summed E-state index contributed by atoms with van der Waals surface area (Å²) >= 11 is 6.26. The van der Waals surface area contributed by atoms with E-state index in [0.29, 0.717) is 10.6 Å². The van der Waals surface area contributed by atoms with Gasteiger partial charge in [-0.3, -0.25) is 9.36 Å². The number of carbonyl (C=O) groups is 1. The Morgan fingerprint density at radius 2 is 2.00 bits per heavy atom. The fourth-order valence-electron chi connectivity index (χ4n) is 2.07. The van der Waals surface area contributed by atoms with E-state index < -0.39 is 0 Å². The van der Waals surface area contributed by atoms with E-state index in [0.717, 1.165) is 16.7 Å². The molecule has 0 aliphatic rings. The van der Waals surface area contributed by atoms with Gasteiger partial charge in [0.05, 0.1) is 21.7 Å². The van der Waals surface area contributed by atoms with Crippen LogP contribution in [0.5, 0.6) is 0 Å². The van der Waals surface area contributed by atoms with Crippen molar-refractivity contribution in [3.05, 3.63) is 59.4 Å². The number of para-hydroxylation sites is 2. The first-order valence-corrected chi connectivity index (χ1v) is 6.27. The highest BCUT2D eigenvalue weighted by Gasteiger charge is 2.09. The predicted octanol–water partition coefficient (Wildman–Crippen LogP) is 3.88. The smallest absolute Gasteiger partial charge is 0.159 e. The number of benzene rings is 2. The summed E-state index contributed by atoms with van der Waals surface area (Å²) in [7, 11) is 0. The molecule has 0 atom stereocenters. The Morgan fingerprint density at radius 1 is 1.21 bits per heavy atom. The lowest BCUT2D eigenvalue weighted by Crippen LogP contribution is -1.97. The second-order valence-corrected chi connectivity index (χ2v) is 4.73. The van der Waals surface area contributed by atoms with E-state index in [1.807, 2.05) is 34.9 Å². The Balaban J connectivity index is 2.19. The Kier molecular flexibility index (Phi) is 2.84. The summed E-state index contributed by atoms with van der Waals surface area (Å²) in [6.07, 6.45) is 1.74. The number of hydrogen-bond donors (Lipinski definition) is 0. The van der Waals surface area contributed by atoms with Crippen molar-refractivity contribution in [2.75, 3.05) is 0 Å². The van der Waals surface area contributed by atoms with E-state index >= 15 is 0 Å². The van der Waals surface area contributed by atoms with Gasteiger partial charge in [-0.2, -0.15) is 0 Å². The van der Waals surface area contributed by atoms with Crippen molar-refractivity contribution in [3.63, 3.8) is 0 Å². The molecular formula is C15H11ClN2O. The maximum Gasteiger partial charge on any atom is 0.159 e. The van der Waals surface area contributed by atoms with Crippen LogP contribution < -0.4 is 0 Å². The lowest BCUT2D eigenvalue weighted by Gasteiger charge is -2.07. The van der Waals surface area contributed by atoms with E-state index in [2.05, 4.69) is 4.98 Å². The maximum absolute atomic E-state index is 11.3. The molecule has 0 aliphatic heterocycles. The first kappa shape index (κ1) is 11.9. The SMILES string of the molecule is CC(=O)c1ccc(-n2cnc3ccccc32)c(Cl)c1. The van der Waals surface area contributed by atoms with E-state index in [1.165, 1.54) is 6.92 Å². The largest absolute Gasteiger partial charge is 0.297 e. The van der Waals surface area contributed by atoms with Gasteiger partial charge < -0.3 is 0 Å². The van der Waals surface area contributed by atoms with Gasteiger partial charge in [-0.1, -0.05) is 23.7 Å². The van der Waals surface area contributed by atoms with Crippen molar-refractivity contribution in [1.82, 2.24) is 9.55 Å². The van der Waals surface area contributed by atoms with Gasteiger partial charge in [-0.05, 0) is 37.3 Å².